The molecule has 2 aromatic rings. The number of anilines is 1. The van der Waals surface area contributed by atoms with Gasteiger partial charge in [-0.05, 0) is 24.6 Å². The summed E-state index contributed by atoms with van der Waals surface area (Å²) in [6.45, 7) is 2.66. The predicted octanol–water partition coefficient (Wildman–Crippen LogP) is 3.37. The summed E-state index contributed by atoms with van der Waals surface area (Å²) < 4.78 is 5.65. The minimum atomic E-state index is 0.189. The number of fused-ring (bicyclic) bond motifs is 1. The molecule has 1 aromatic carbocycles. The molecule has 1 N–H and O–H groups in total. The van der Waals surface area contributed by atoms with E-state index in [9.17, 15) is 0 Å². The first-order chi connectivity index (χ1) is 9.24. The van der Waals surface area contributed by atoms with E-state index in [-0.39, 0.29) is 11.3 Å². The van der Waals surface area contributed by atoms with Crippen molar-refractivity contribution in [3.8, 4) is 5.75 Å². The van der Waals surface area contributed by atoms with Gasteiger partial charge < -0.3 is 10.1 Å². The van der Waals surface area contributed by atoms with Crippen molar-refractivity contribution in [1.82, 2.24) is 9.97 Å². The van der Waals surface area contributed by atoms with Crippen LogP contribution in [-0.4, -0.2) is 16.6 Å². The molecule has 19 heavy (non-hydrogen) atoms. The highest BCUT2D eigenvalue weighted by Crippen LogP contribution is 2.34. The summed E-state index contributed by atoms with van der Waals surface area (Å²) in [6, 6.07) is 8.25. The first kappa shape index (κ1) is 12.2. The van der Waals surface area contributed by atoms with Gasteiger partial charge in [-0.2, -0.15) is 0 Å². The number of nitrogens with one attached hydrogen (secondary N) is 1. The van der Waals surface area contributed by atoms with E-state index in [1.54, 1.807) is 6.20 Å². The Morgan fingerprint density at radius 2 is 2.21 bits per heavy atom. The van der Waals surface area contributed by atoms with Crippen molar-refractivity contribution in [3.05, 3.63) is 46.9 Å². The molecule has 3 rings (SSSR count). The quantitative estimate of drug-likeness (QED) is 0.854. The molecule has 1 unspecified atom stereocenters. The third kappa shape index (κ3) is 2.49. The van der Waals surface area contributed by atoms with Crippen molar-refractivity contribution < 1.29 is 4.74 Å². The van der Waals surface area contributed by atoms with Crippen LogP contribution in [-0.2, 0) is 0 Å². The largest absolute Gasteiger partial charge is 0.493 e. The topological polar surface area (TPSA) is 47.0 Å². The minimum Gasteiger partial charge on any atom is -0.493 e. The highest BCUT2D eigenvalue weighted by Gasteiger charge is 2.21. The summed E-state index contributed by atoms with van der Waals surface area (Å²) in [4.78, 5) is 8.21. The van der Waals surface area contributed by atoms with Crippen LogP contribution in [0.5, 0.6) is 5.75 Å². The van der Waals surface area contributed by atoms with Crippen LogP contribution >= 0.6 is 11.6 Å². The van der Waals surface area contributed by atoms with Gasteiger partial charge in [0, 0.05) is 23.7 Å². The Kier molecular flexibility index (Phi) is 3.25. The SMILES string of the molecule is Cc1cnc(Cl)nc1NC1CCOc2ccccc21. The van der Waals surface area contributed by atoms with Gasteiger partial charge in [0.25, 0.3) is 0 Å². The van der Waals surface area contributed by atoms with Gasteiger partial charge in [0.2, 0.25) is 5.28 Å². The van der Waals surface area contributed by atoms with Crippen LogP contribution in [0.2, 0.25) is 5.28 Å². The number of hydrogen-bond acceptors (Lipinski definition) is 4. The summed E-state index contributed by atoms with van der Waals surface area (Å²) in [5.74, 6) is 1.71. The number of benzene rings is 1. The average Bonchev–Trinajstić information content (AvgIpc) is 2.43. The summed E-state index contributed by atoms with van der Waals surface area (Å²) in [5.41, 5.74) is 2.14. The van der Waals surface area contributed by atoms with Gasteiger partial charge in [0.05, 0.1) is 12.6 Å². The Morgan fingerprint density at radius 1 is 1.37 bits per heavy atom. The number of ether oxygens (including phenoxy) is 1. The Balaban J connectivity index is 1.90. The van der Waals surface area contributed by atoms with Crippen LogP contribution in [0.25, 0.3) is 0 Å². The highest BCUT2D eigenvalue weighted by molar-refractivity contribution is 6.28. The molecular weight excluding hydrogens is 262 g/mol. The van der Waals surface area contributed by atoms with Crippen molar-refractivity contribution in [2.24, 2.45) is 0 Å². The molecule has 0 bridgehead atoms. The number of halogens is 1. The third-order valence-electron chi connectivity index (χ3n) is 3.21. The van der Waals surface area contributed by atoms with Gasteiger partial charge in [-0.15, -0.1) is 0 Å². The molecule has 0 fully saturated rings. The van der Waals surface area contributed by atoms with E-state index >= 15 is 0 Å². The maximum absolute atomic E-state index is 5.85. The van der Waals surface area contributed by atoms with Crippen molar-refractivity contribution in [2.75, 3.05) is 11.9 Å². The molecule has 0 saturated heterocycles. The Hall–Kier alpha value is -1.81. The van der Waals surface area contributed by atoms with E-state index in [2.05, 4.69) is 21.4 Å². The van der Waals surface area contributed by atoms with Crippen LogP contribution in [0.1, 0.15) is 23.6 Å². The van der Waals surface area contributed by atoms with Crippen LogP contribution in [0.15, 0.2) is 30.5 Å². The third-order valence-corrected chi connectivity index (χ3v) is 3.39. The molecular formula is C14H14ClN3O. The number of nitrogens with zero attached hydrogens (tertiary/aromatic N) is 2. The molecule has 0 radical (unpaired) electrons. The average molecular weight is 276 g/mol. The molecule has 5 heteroatoms. The summed E-state index contributed by atoms with van der Waals surface area (Å²) in [6.07, 6.45) is 2.63. The zero-order valence-electron chi connectivity index (χ0n) is 10.6. The fourth-order valence-electron chi connectivity index (χ4n) is 2.22. The number of rotatable bonds is 2. The first-order valence-electron chi connectivity index (χ1n) is 6.21. The highest BCUT2D eigenvalue weighted by atomic mass is 35.5. The zero-order chi connectivity index (χ0) is 13.2. The van der Waals surface area contributed by atoms with E-state index in [4.69, 9.17) is 16.3 Å². The van der Waals surface area contributed by atoms with Gasteiger partial charge in [-0.1, -0.05) is 18.2 Å². The fraction of sp³-hybridized carbons (Fsp3) is 0.286. The van der Waals surface area contributed by atoms with Crippen LogP contribution < -0.4 is 10.1 Å². The normalized spacial score (nSPS) is 17.5. The molecule has 98 valence electrons. The number of hydrogen-bond donors (Lipinski definition) is 1. The van der Waals surface area contributed by atoms with Crippen molar-refractivity contribution in [1.29, 1.82) is 0 Å². The van der Waals surface area contributed by atoms with Gasteiger partial charge >= 0.3 is 0 Å². The van der Waals surface area contributed by atoms with E-state index in [0.717, 1.165) is 29.1 Å². The molecule has 0 spiro atoms. The zero-order valence-corrected chi connectivity index (χ0v) is 11.3. The lowest BCUT2D eigenvalue weighted by atomic mass is 10.0. The summed E-state index contributed by atoms with van der Waals surface area (Å²) in [5, 5.41) is 3.69. The van der Waals surface area contributed by atoms with E-state index in [0.29, 0.717) is 6.61 Å². The molecule has 1 atom stereocenters. The van der Waals surface area contributed by atoms with Gasteiger partial charge in [0.15, 0.2) is 0 Å². The molecule has 1 aliphatic heterocycles. The van der Waals surface area contributed by atoms with Gasteiger partial charge in [-0.25, -0.2) is 9.97 Å². The number of para-hydroxylation sites is 1. The predicted molar refractivity (Wildman–Crippen MR) is 74.7 cm³/mol. The molecule has 0 saturated carbocycles. The van der Waals surface area contributed by atoms with Crippen molar-refractivity contribution in [2.45, 2.75) is 19.4 Å². The molecule has 0 aliphatic carbocycles. The van der Waals surface area contributed by atoms with Crippen molar-refractivity contribution in [3.63, 3.8) is 0 Å². The maximum Gasteiger partial charge on any atom is 0.224 e. The molecule has 2 heterocycles. The second-order valence-electron chi connectivity index (χ2n) is 4.54. The standard InChI is InChI=1S/C14H14ClN3O/c1-9-8-16-14(15)18-13(9)17-11-6-7-19-12-5-3-2-4-10(11)12/h2-5,8,11H,6-7H2,1H3,(H,16,17,18). The monoisotopic (exact) mass is 275 g/mol. The molecule has 4 nitrogen and oxygen atoms in total. The summed E-state index contributed by atoms with van der Waals surface area (Å²) >= 11 is 5.85. The van der Waals surface area contributed by atoms with Crippen LogP contribution in [0.3, 0.4) is 0 Å². The fourth-order valence-corrected chi connectivity index (χ4v) is 2.36. The van der Waals surface area contributed by atoms with Crippen LogP contribution in [0, 0.1) is 6.92 Å². The maximum atomic E-state index is 5.85. The lowest BCUT2D eigenvalue weighted by Gasteiger charge is -2.27. The minimum absolute atomic E-state index is 0.189. The first-order valence-corrected chi connectivity index (χ1v) is 6.59. The van der Waals surface area contributed by atoms with Gasteiger partial charge in [-0.3, -0.25) is 0 Å². The van der Waals surface area contributed by atoms with Crippen molar-refractivity contribution >= 4 is 17.4 Å². The number of aryl methyl sites for hydroxylation is 1. The second-order valence-corrected chi connectivity index (χ2v) is 4.88. The van der Waals surface area contributed by atoms with Gasteiger partial charge in [0.1, 0.15) is 11.6 Å². The number of aromatic nitrogens is 2. The van der Waals surface area contributed by atoms with E-state index < -0.39 is 0 Å². The Morgan fingerprint density at radius 3 is 3.11 bits per heavy atom. The lowest BCUT2D eigenvalue weighted by Crippen LogP contribution is -2.21. The van der Waals surface area contributed by atoms with E-state index in [1.165, 1.54) is 0 Å². The lowest BCUT2D eigenvalue weighted by molar-refractivity contribution is 0.274. The second kappa shape index (κ2) is 5.05. The molecule has 1 aliphatic rings. The molecule has 0 amide bonds. The smallest absolute Gasteiger partial charge is 0.224 e. The Labute approximate surface area is 116 Å². The molecule has 1 aromatic heterocycles. The summed E-state index contributed by atoms with van der Waals surface area (Å²) in [7, 11) is 0. The van der Waals surface area contributed by atoms with Crippen LogP contribution in [0.4, 0.5) is 5.82 Å². The Bertz CT molecular complexity index is 603. The van der Waals surface area contributed by atoms with E-state index in [1.807, 2.05) is 25.1 Å².